The van der Waals surface area contributed by atoms with E-state index in [1.165, 1.54) is 6.07 Å². The number of likely N-dealkylation sites (tertiary alicyclic amines) is 3. The van der Waals surface area contributed by atoms with Gasteiger partial charge in [0.25, 0.3) is 0 Å². The zero-order valence-electron chi connectivity index (χ0n) is 17.5. The molecule has 2 amide bonds. The fourth-order valence-corrected chi connectivity index (χ4v) is 5.20. The zero-order valence-corrected chi connectivity index (χ0v) is 17.5. The van der Waals surface area contributed by atoms with Gasteiger partial charge in [-0.15, -0.1) is 0 Å². The molecule has 3 aliphatic rings. The number of nitrogens with zero attached hydrogens (tertiary/aromatic N) is 4. The first-order chi connectivity index (χ1) is 14.8. The summed E-state index contributed by atoms with van der Waals surface area (Å²) in [6.45, 7) is 3.38. The van der Waals surface area contributed by atoms with Crippen molar-refractivity contribution in [2.24, 2.45) is 5.73 Å². The monoisotopic (exact) mass is 425 g/mol. The minimum Gasteiger partial charge on any atom is -0.478 e. The first kappa shape index (κ1) is 21.3. The van der Waals surface area contributed by atoms with Gasteiger partial charge in [0.2, 0.25) is 11.8 Å². The van der Waals surface area contributed by atoms with Crippen LogP contribution in [0.1, 0.15) is 48.1 Å². The number of hydrogen-bond acceptors (Lipinski definition) is 6. The Morgan fingerprint density at radius 1 is 1.39 bits per heavy atom. The molecule has 0 spiro atoms. The Bertz CT molecular complexity index is 944. The second-order valence-corrected chi connectivity index (χ2v) is 8.64. The highest BCUT2D eigenvalue weighted by Gasteiger charge is 2.51. The van der Waals surface area contributed by atoms with Crippen molar-refractivity contribution in [1.29, 1.82) is 5.26 Å². The van der Waals surface area contributed by atoms with Gasteiger partial charge in [0.15, 0.2) is 0 Å². The van der Waals surface area contributed by atoms with Gasteiger partial charge in [-0.1, -0.05) is 12.1 Å². The highest BCUT2D eigenvalue weighted by molar-refractivity contribution is 5.88. The lowest BCUT2D eigenvalue weighted by Crippen LogP contribution is -2.56. The average Bonchev–Trinajstić information content (AvgIpc) is 3.47. The van der Waals surface area contributed by atoms with Crippen molar-refractivity contribution in [1.82, 2.24) is 14.7 Å². The van der Waals surface area contributed by atoms with Crippen LogP contribution in [0.3, 0.4) is 0 Å². The first-order valence-electron chi connectivity index (χ1n) is 10.7. The van der Waals surface area contributed by atoms with Crippen molar-refractivity contribution in [2.75, 3.05) is 19.6 Å². The molecule has 1 aromatic carbocycles. The third-order valence-corrected chi connectivity index (χ3v) is 6.78. The highest BCUT2D eigenvalue weighted by atomic mass is 16.4. The Morgan fingerprint density at radius 2 is 2.16 bits per heavy atom. The van der Waals surface area contributed by atoms with Crippen LogP contribution in [-0.4, -0.2) is 81.4 Å². The van der Waals surface area contributed by atoms with Gasteiger partial charge in [-0.05, 0) is 43.9 Å². The van der Waals surface area contributed by atoms with E-state index in [1.54, 1.807) is 17.0 Å². The molecular weight excluding hydrogens is 398 g/mol. The van der Waals surface area contributed by atoms with Gasteiger partial charge in [-0.2, -0.15) is 5.26 Å². The summed E-state index contributed by atoms with van der Waals surface area (Å²) in [5, 5.41) is 18.5. The number of nitrogens with two attached hydrogens (primary N) is 1. The van der Waals surface area contributed by atoms with Gasteiger partial charge in [0, 0.05) is 25.7 Å². The van der Waals surface area contributed by atoms with Crippen LogP contribution in [-0.2, 0) is 9.59 Å². The summed E-state index contributed by atoms with van der Waals surface area (Å²) in [5.41, 5.74) is 7.17. The van der Waals surface area contributed by atoms with E-state index in [4.69, 9.17) is 5.73 Å². The van der Waals surface area contributed by atoms with Gasteiger partial charge in [0.1, 0.15) is 6.04 Å². The number of rotatable bonds is 6. The van der Waals surface area contributed by atoms with Gasteiger partial charge < -0.3 is 20.6 Å². The smallest absolute Gasteiger partial charge is 0.335 e. The molecule has 9 nitrogen and oxygen atoms in total. The minimum atomic E-state index is -0.996. The van der Waals surface area contributed by atoms with E-state index >= 15 is 0 Å². The molecule has 0 aromatic heterocycles. The maximum atomic E-state index is 13.1. The Hall–Kier alpha value is -2.96. The number of amides is 2. The second kappa shape index (κ2) is 8.29. The molecule has 3 heterocycles. The summed E-state index contributed by atoms with van der Waals surface area (Å²) < 4.78 is 0. The molecule has 1 aromatic rings. The largest absolute Gasteiger partial charge is 0.478 e. The fraction of sp³-hybridized carbons (Fsp3) is 0.545. The van der Waals surface area contributed by atoms with Gasteiger partial charge in [-0.3, -0.25) is 14.5 Å². The van der Waals surface area contributed by atoms with Crippen molar-refractivity contribution in [3.63, 3.8) is 0 Å². The van der Waals surface area contributed by atoms with Crippen molar-refractivity contribution in [2.45, 2.75) is 56.4 Å². The topological polar surface area (TPSA) is 131 Å². The van der Waals surface area contributed by atoms with Crippen LogP contribution >= 0.6 is 0 Å². The molecule has 0 radical (unpaired) electrons. The van der Waals surface area contributed by atoms with Crippen molar-refractivity contribution >= 4 is 17.8 Å². The molecule has 4 rings (SSSR count). The van der Waals surface area contributed by atoms with E-state index in [2.05, 4.69) is 6.07 Å². The van der Waals surface area contributed by atoms with Crippen LogP contribution in [0.4, 0.5) is 0 Å². The summed E-state index contributed by atoms with van der Waals surface area (Å²) in [5.74, 6) is -1.24. The molecule has 3 saturated heterocycles. The molecule has 31 heavy (non-hydrogen) atoms. The number of hydrogen-bond donors (Lipinski definition) is 2. The summed E-state index contributed by atoms with van der Waals surface area (Å²) in [4.78, 5) is 42.5. The molecule has 9 heteroatoms. The van der Waals surface area contributed by atoms with E-state index in [0.717, 1.165) is 12.0 Å². The lowest BCUT2D eigenvalue weighted by atomic mass is 10.0. The molecule has 164 valence electrons. The Balaban J connectivity index is 1.41. The Morgan fingerprint density at radius 3 is 2.84 bits per heavy atom. The van der Waals surface area contributed by atoms with Crippen molar-refractivity contribution in [3.05, 3.63) is 35.4 Å². The number of carboxylic acids is 1. The maximum absolute atomic E-state index is 13.1. The van der Waals surface area contributed by atoms with Crippen LogP contribution in [0.2, 0.25) is 0 Å². The molecule has 0 saturated carbocycles. The standard InChI is InChI=1S/C22H27N5O4/c1-13(14-4-2-5-15(8-14)22(30)31)27-17-9-19(21(27)29)25(11-17)12-18(24)20(28)26-7-3-6-16(26)10-23/h2,4-5,8,13,16-19H,3,6-7,9,11-12,24H2,1H3,(H,30,31)/t13?,16?,17-,18?,19-/m0/s1. The number of carbonyl (C=O) groups is 3. The van der Waals surface area contributed by atoms with E-state index in [-0.39, 0.29) is 42.0 Å². The summed E-state index contributed by atoms with van der Waals surface area (Å²) in [7, 11) is 0. The predicted octanol–water partition coefficient (Wildman–Crippen LogP) is 0.573. The van der Waals surface area contributed by atoms with E-state index in [0.29, 0.717) is 25.9 Å². The molecular formula is C22H27N5O4. The van der Waals surface area contributed by atoms with Crippen LogP contribution in [0.5, 0.6) is 0 Å². The quantitative estimate of drug-likeness (QED) is 0.681. The van der Waals surface area contributed by atoms with Crippen LogP contribution in [0.25, 0.3) is 0 Å². The van der Waals surface area contributed by atoms with Gasteiger partial charge >= 0.3 is 5.97 Å². The molecule has 2 bridgehead atoms. The molecule has 3 aliphatic heterocycles. The third kappa shape index (κ3) is 3.77. The molecule has 3 unspecified atom stereocenters. The van der Waals surface area contributed by atoms with Crippen molar-refractivity contribution < 1.29 is 19.5 Å². The number of benzene rings is 1. The number of carboxylic acid groups (broad SMARTS) is 1. The number of aromatic carboxylic acids is 1. The van der Waals surface area contributed by atoms with Crippen LogP contribution < -0.4 is 5.73 Å². The normalized spacial score (nSPS) is 27.4. The number of piperazine rings is 1. The van der Waals surface area contributed by atoms with Gasteiger partial charge in [-0.25, -0.2) is 4.79 Å². The molecule has 5 atom stereocenters. The van der Waals surface area contributed by atoms with E-state index in [1.807, 2.05) is 22.8 Å². The first-order valence-corrected chi connectivity index (χ1v) is 10.7. The lowest BCUT2D eigenvalue weighted by molar-refractivity contribution is -0.140. The second-order valence-electron chi connectivity index (χ2n) is 8.64. The fourth-order valence-electron chi connectivity index (χ4n) is 5.20. The maximum Gasteiger partial charge on any atom is 0.335 e. The summed E-state index contributed by atoms with van der Waals surface area (Å²) >= 11 is 0. The van der Waals surface area contributed by atoms with Gasteiger partial charge in [0.05, 0.1) is 29.8 Å². The predicted molar refractivity (Wildman–Crippen MR) is 111 cm³/mol. The Kier molecular flexibility index (Phi) is 5.69. The van der Waals surface area contributed by atoms with Crippen molar-refractivity contribution in [3.8, 4) is 6.07 Å². The molecule has 3 N–H and O–H groups in total. The number of nitriles is 1. The average molecular weight is 425 g/mol. The lowest BCUT2D eigenvalue weighted by Gasteiger charge is -2.38. The van der Waals surface area contributed by atoms with Crippen LogP contribution in [0.15, 0.2) is 24.3 Å². The number of fused-ring (bicyclic) bond motifs is 2. The Labute approximate surface area is 181 Å². The summed E-state index contributed by atoms with van der Waals surface area (Å²) in [6, 6.07) is 7.11. The summed E-state index contributed by atoms with van der Waals surface area (Å²) in [6.07, 6.45) is 2.16. The molecule has 0 aliphatic carbocycles. The third-order valence-electron chi connectivity index (χ3n) is 6.78. The minimum absolute atomic E-state index is 0.00179. The van der Waals surface area contributed by atoms with Crippen LogP contribution in [0, 0.1) is 11.3 Å². The van der Waals surface area contributed by atoms with E-state index in [9.17, 15) is 24.8 Å². The zero-order chi connectivity index (χ0) is 22.3. The highest BCUT2D eigenvalue weighted by Crippen LogP contribution is 2.38. The SMILES string of the molecule is CC(c1cccc(C(=O)O)c1)N1C(=O)[C@@H]2C[C@H]1CN2CC(N)C(=O)N1CCCC1C#N. The van der Waals surface area contributed by atoms with E-state index < -0.39 is 18.1 Å². The molecule has 3 fully saturated rings. The number of carbonyl (C=O) groups excluding carboxylic acids is 2.